The van der Waals surface area contributed by atoms with Crippen LogP contribution in [0.15, 0.2) is 85.3 Å². The predicted molar refractivity (Wildman–Crippen MR) is 157 cm³/mol. The van der Waals surface area contributed by atoms with E-state index in [1.807, 2.05) is 17.0 Å². The number of benzene rings is 3. The molecular formula is C32H25F5N8O. The highest BCUT2D eigenvalue weighted by molar-refractivity contribution is 5.67. The average molecular weight is 633 g/mol. The summed E-state index contributed by atoms with van der Waals surface area (Å²) in [5, 5.41) is 30.6. The smallest absolute Gasteiger partial charge is 0.323 e. The number of aliphatic hydroxyl groups is 1. The lowest BCUT2D eigenvalue weighted by Crippen LogP contribution is -2.48. The number of hydrogen-bond acceptors (Lipinski definition) is 8. The van der Waals surface area contributed by atoms with Crippen LogP contribution >= 0.6 is 0 Å². The van der Waals surface area contributed by atoms with Gasteiger partial charge in [-0.1, -0.05) is 12.1 Å². The zero-order valence-corrected chi connectivity index (χ0v) is 24.0. The van der Waals surface area contributed by atoms with E-state index in [0.717, 1.165) is 41.1 Å². The zero-order chi connectivity index (χ0) is 32.5. The summed E-state index contributed by atoms with van der Waals surface area (Å²) in [6.45, 7) is 1.43. The van der Waals surface area contributed by atoms with Crippen LogP contribution in [-0.4, -0.2) is 56.5 Å². The fraction of sp³-hybridized carbons (Fsp3) is 0.219. The molecule has 1 aliphatic heterocycles. The van der Waals surface area contributed by atoms with Crippen LogP contribution < -0.4 is 9.80 Å². The molecule has 1 N–H and O–H groups in total. The maximum Gasteiger partial charge on any atom is 0.323 e. The third-order valence-corrected chi connectivity index (χ3v) is 8.03. The Balaban J connectivity index is 1.21. The molecule has 1 aliphatic rings. The van der Waals surface area contributed by atoms with E-state index in [-0.39, 0.29) is 0 Å². The summed E-state index contributed by atoms with van der Waals surface area (Å²) in [4.78, 5) is 7.93. The number of halogens is 5. The molecule has 1 unspecified atom stereocenters. The molecule has 14 heteroatoms. The van der Waals surface area contributed by atoms with E-state index in [1.54, 1.807) is 24.3 Å². The lowest BCUT2D eigenvalue weighted by Gasteiger charge is -2.37. The number of nitriles is 1. The number of rotatable bonds is 8. The van der Waals surface area contributed by atoms with E-state index in [4.69, 9.17) is 5.26 Å². The van der Waals surface area contributed by atoms with Gasteiger partial charge in [-0.3, -0.25) is 4.98 Å². The number of hydrogen-bond donors (Lipinski definition) is 1. The normalized spacial score (nSPS) is 15.0. The molecule has 0 bridgehead atoms. The number of pyridine rings is 1. The van der Waals surface area contributed by atoms with Gasteiger partial charge in [0.25, 0.3) is 0 Å². The first-order valence-corrected chi connectivity index (χ1v) is 14.1. The largest absolute Gasteiger partial charge is 0.377 e. The molecule has 2 aromatic heterocycles. The van der Waals surface area contributed by atoms with Crippen molar-refractivity contribution in [1.29, 1.82) is 5.26 Å². The van der Waals surface area contributed by atoms with E-state index in [2.05, 4.69) is 31.5 Å². The number of tetrazole rings is 1. The fourth-order valence-electron chi connectivity index (χ4n) is 5.52. The molecule has 0 radical (unpaired) electrons. The summed E-state index contributed by atoms with van der Waals surface area (Å²) < 4.78 is 76.6. The van der Waals surface area contributed by atoms with Crippen molar-refractivity contribution in [2.75, 3.05) is 36.0 Å². The Bertz CT molecular complexity index is 1870. The molecule has 1 saturated heterocycles. The van der Waals surface area contributed by atoms with Crippen molar-refractivity contribution in [2.45, 2.75) is 18.1 Å². The molecule has 0 amide bonds. The SMILES string of the molecule is N#Cc1ccc(N2CCN(c3ccc(-c4ccc(C(F)(F)C(O)(Cn5cnnn5)c5ccc(F)cc5F)nc4)cc3F)CC2)cc1. The maximum absolute atomic E-state index is 16.1. The minimum absolute atomic E-state index is 0.326. The monoisotopic (exact) mass is 632 g/mol. The second kappa shape index (κ2) is 12.2. The van der Waals surface area contributed by atoms with Gasteiger partial charge in [-0.05, 0) is 70.6 Å². The standard InChI is InChI=1S/C32H25F5N8O/c33-24-5-8-26(27(34)16-24)31(46,19-45-20-40-41-42-45)32(36,37)30-10-4-23(18-39-30)22-3-9-29(28(35)15-22)44-13-11-43(12-14-44)25-6-1-21(17-38)2-7-25/h1-10,15-16,18,20,46H,11-14,19H2. The third-order valence-electron chi connectivity index (χ3n) is 8.03. The molecule has 6 rings (SSSR count). The van der Waals surface area contributed by atoms with Crippen molar-refractivity contribution in [2.24, 2.45) is 0 Å². The second-order valence-electron chi connectivity index (χ2n) is 10.8. The highest BCUT2D eigenvalue weighted by Crippen LogP contribution is 2.47. The van der Waals surface area contributed by atoms with Gasteiger partial charge < -0.3 is 14.9 Å². The van der Waals surface area contributed by atoms with Gasteiger partial charge in [-0.25, -0.2) is 17.9 Å². The zero-order valence-electron chi connectivity index (χ0n) is 24.0. The van der Waals surface area contributed by atoms with Gasteiger partial charge in [-0.2, -0.15) is 14.0 Å². The number of alkyl halides is 2. The van der Waals surface area contributed by atoms with Crippen molar-refractivity contribution in [1.82, 2.24) is 25.2 Å². The van der Waals surface area contributed by atoms with Crippen LogP contribution in [0.4, 0.5) is 33.3 Å². The Morgan fingerprint density at radius 2 is 1.54 bits per heavy atom. The molecule has 9 nitrogen and oxygen atoms in total. The summed E-state index contributed by atoms with van der Waals surface area (Å²) in [5.41, 5.74) is -2.40. The van der Waals surface area contributed by atoms with Crippen LogP contribution in [0.25, 0.3) is 11.1 Å². The van der Waals surface area contributed by atoms with Gasteiger partial charge >= 0.3 is 5.92 Å². The molecule has 234 valence electrons. The number of piperazine rings is 1. The Morgan fingerprint density at radius 3 is 2.15 bits per heavy atom. The van der Waals surface area contributed by atoms with Crippen molar-refractivity contribution in [3.8, 4) is 17.2 Å². The summed E-state index contributed by atoms with van der Waals surface area (Å²) in [5.74, 6) is -7.12. The summed E-state index contributed by atoms with van der Waals surface area (Å²) in [6.07, 6.45) is 2.07. The average Bonchev–Trinajstić information content (AvgIpc) is 3.57. The first kappa shape index (κ1) is 30.6. The molecule has 3 aromatic carbocycles. The summed E-state index contributed by atoms with van der Waals surface area (Å²) >= 11 is 0. The second-order valence-corrected chi connectivity index (χ2v) is 10.8. The highest BCUT2D eigenvalue weighted by atomic mass is 19.3. The molecule has 1 fully saturated rings. The Kier molecular flexibility index (Phi) is 8.09. The fourth-order valence-corrected chi connectivity index (χ4v) is 5.52. The quantitative estimate of drug-likeness (QED) is 0.238. The van der Waals surface area contributed by atoms with Crippen molar-refractivity contribution in [3.63, 3.8) is 0 Å². The van der Waals surface area contributed by atoms with E-state index in [0.29, 0.717) is 54.6 Å². The van der Waals surface area contributed by atoms with Gasteiger partial charge in [0, 0.05) is 55.3 Å². The highest BCUT2D eigenvalue weighted by Gasteiger charge is 2.58. The number of aromatic nitrogens is 5. The van der Waals surface area contributed by atoms with Gasteiger partial charge in [0.1, 0.15) is 29.5 Å². The van der Waals surface area contributed by atoms with Gasteiger partial charge in [-0.15, -0.1) is 5.10 Å². The van der Waals surface area contributed by atoms with Gasteiger partial charge in [0.05, 0.1) is 23.9 Å². The minimum atomic E-state index is -4.22. The van der Waals surface area contributed by atoms with Crippen molar-refractivity contribution < 1.29 is 27.1 Å². The van der Waals surface area contributed by atoms with Gasteiger partial charge in [0.2, 0.25) is 0 Å². The Labute approximate surface area is 259 Å². The first-order valence-electron chi connectivity index (χ1n) is 14.1. The first-order chi connectivity index (χ1) is 22.1. The van der Waals surface area contributed by atoms with Crippen LogP contribution in [-0.2, 0) is 18.1 Å². The van der Waals surface area contributed by atoms with Crippen molar-refractivity contribution in [3.05, 3.63) is 120 Å². The van der Waals surface area contributed by atoms with E-state index in [1.165, 1.54) is 12.1 Å². The van der Waals surface area contributed by atoms with Crippen LogP contribution in [0, 0.1) is 28.8 Å². The van der Waals surface area contributed by atoms with Crippen LogP contribution in [0.3, 0.4) is 0 Å². The van der Waals surface area contributed by atoms with E-state index in [9.17, 15) is 13.9 Å². The third kappa shape index (κ3) is 5.72. The molecule has 1 atom stereocenters. The van der Waals surface area contributed by atoms with E-state index >= 15 is 13.2 Å². The maximum atomic E-state index is 16.1. The lowest BCUT2D eigenvalue weighted by atomic mass is 9.84. The van der Waals surface area contributed by atoms with Crippen LogP contribution in [0.2, 0.25) is 0 Å². The molecule has 0 aliphatic carbocycles. The summed E-state index contributed by atoms with van der Waals surface area (Å²) in [6, 6.07) is 18.1. The Morgan fingerprint density at radius 1 is 0.826 bits per heavy atom. The number of anilines is 2. The molecule has 0 saturated carbocycles. The molecular weight excluding hydrogens is 607 g/mol. The topological polar surface area (TPSA) is 107 Å². The van der Waals surface area contributed by atoms with Gasteiger partial charge in [0.15, 0.2) is 5.60 Å². The molecule has 0 spiro atoms. The van der Waals surface area contributed by atoms with E-state index < -0.39 is 46.8 Å². The minimum Gasteiger partial charge on any atom is -0.377 e. The molecule has 46 heavy (non-hydrogen) atoms. The molecule has 5 aromatic rings. The number of nitrogens with zero attached hydrogens (tertiary/aromatic N) is 8. The molecule has 3 heterocycles. The van der Waals surface area contributed by atoms with Crippen LogP contribution in [0.5, 0.6) is 0 Å². The predicted octanol–water partition coefficient (Wildman–Crippen LogP) is 5.03. The lowest BCUT2D eigenvalue weighted by molar-refractivity contribution is -0.207. The Hall–Kier alpha value is -5.42. The summed E-state index contributed by atoms with van der Waals surface area (Å²) in [7, 11) is 0. The van der Waals surface area contributed by atoms with Crippen LogP contribution in [0.1, 0.15) is 16.8 Å². The van der Waals surface area contributed by atoms with Crippen molar-refractivity contribution >= 4 is 11.4 Å².